The van der Waals surface area contributed by atoms with Crippen LogP contribution in [0.25, 0.3) is 0 Å². The Kier molecular flexibility index (Phi) is 7.44. The third-order valence-electron chi connectivity index (χ3n) is 3.79. The van der Waals surface area contributed by atoms with Crippen molar-refractivity contribution in [3.05, 3.63) is 65.7 Å². The highest BCUT2D eigenvalue weighted by Crippen LogP contribution is 2.16. The van der Waals surface area contributed by atoms with Gasteiger partial charge in [0.25, 0.3) is 0 Å². The van der Waals surface area contributed by atoms with Crippen molar-refractivity contribution in [1.82, 2.24) is 5.32 Å². The molecule has 0 aliphatic rings. The summed E-state index contributed by atoms with van der Waals surface area (Å²) in [6.07, 6.45) is -0.612. The number of nitrogens with one attached hydrogen (secondary N) is 1. The van der Waals surface area contributed by atoms with E-state index in [-0.39, 0.29) is 6.42 Å². The maximum absolute atomic E-state index is 11.9. The number of benzene rings is 2. The molecule has 0 aliphatic carbocycles. The van der Waals surface area contributed by atoms with E-state index in [4.69, 9.17) is 9.47 Å². The SMILES string of the molecule is CC(C)(C)OC(=O)N[C@H](CC(=O)[O-])Cc1ccc(OCc2ccccc2)cc1. The van der Waals surface area contributed by atoms with E-state index in [0.29, 0.717) is 18.8 Å². The van der Waals surface area contributed by atoms with Crippen LogP contribution in [0.5, 0.6) is 5.75 Å². The van der Waals surface area contributed by atoms with Gasteiger partial charge in [0.15, 0.2) is 0 Å². The van der Waals surface area contributed by atoms with E-state index >= 15 is 0 Å². The Bertz CT molecular complexity index is 766. The average molecular weight is 384 g/mol. The van der Waals surface area contributed by atoms with Crippen LogP contribution in [0.4, 0.5) is 4.79 Å². The predicted octanol–water partition coefficient (Wildman–Crippen LogP) is 2.84. The fourth-order valence-electron chi connectivity index (χ4n) is 2.60. The van der Waals surface area contributed by atoms with E-state index in [9.17, 15) is 14.7 Å². The van der Waals surface area contributed by atoms with Crippen molar-refractivity contribution in [2.75, 3.05) is 0 Å². The largest absolute Gasteiger partial charge is 0.550 e. The summed E-state index contributed by atoms with van der Waals surface area (Å²) in [4.78, 5) is 23.0. The predicted molar refractivity (Wildman–Crippen MR) is 104 cm³/mol. The molecule has 2 aromatic rings. The summed E-state index contributed by atoms with van der Waals surface area (Å²) in [5.41, 5.74) is 1.28. The molecule has 2 rings (SSSR count). The van der Waals surface area contributed by atoms with Crippen LogP contribution < -0.4 is 15.2 Å². The number of rotatable bonds is 8. The van der Waals surface area contributed by atoms with Crippen LogP contribution in [-0.2, 0) is 22.6 Å². The van der Waals surface area contributed by atoms with Crippen molar-refractivity contribution < 1.29 is 24.2 Å². The molecule has 0 radical (unpaired) electrons. The molecule has 0 saturated heterocycles. The summed E-state index contributed by atoms with van der Waals surface area (Å²) >= 11 is 0. The van der Waals surface area contributed by atoms with Crippen LogP contribution in [0.1, 0.15) is 38.3 Å². The molecule has 0 unspecified atom stereocenters. The molecule has 6 nitrogen and oxygen atoms in total. The second kappa shape index (κ2) is 9.78. The van der Waals surface area contributed by atoms with Gasteiger partial charge in [-0.2, -0.15) is 0 Å². The molecule has 0 saturated carbocycles. The maximum Gasteiger partial charge on any atom is 0.407 e. The number of hydrogen-bond acceptors (Lipinski definition) is 5. The average Bonchev–Trinajstić information content (AvgIpc) is 2.59. The molecular weight excluding hydrogens is 358 g/mol. The summed E-state index contributed by atoms with van der Waals surface area (Å²) in [5.74, 6) is -0.520. The molecule has 1 amide bonds. The number of alkyl carbamates (subject to hydrolysis) is 1. The standard InChI is InChI=1S/C22H27NO5/c1-22(2,3)28-21(26)23-18(14-20(24)25)13-16-9-11-19(12-10-16)27-15-17-7-5-4-6-8-17/h4-12,18H,13-15H2,1-3H3,(H,23,26)(H,24,25)/p-1/t18-/m0/s1. The minimum absolute atomic E-state index is 0.300. The molecule has 0 aromatic heterocycles. The Morgan fingerprint density at radius 3 is 2.21 bits per heavy atom. The number of carbonyl (C=O) groups excluding carboxylic acids is 2. The first kappa shape index (κ1) is 21.3. The number of carbonyl (C=O) groups is 2. The van der Waals surface area contributed by atoms with Gasteiger partial charge in [-0.05, 0) is 50.5 Å². The fourth-order valence-corrected chi connectivity index (χ4v) is 2.60. The zero-order chi connectivity index (χ0) is 20.6. The van der Waals surface area contributed by atoms with Crippen LogP contribution >= 0.6 is 0 Å². The lowest BCUT2D eigenvalue weighted by Gasteiger charge is -2.24. The van der Waals surface area contributed by atoms with E-state index in [1.165, 1.54) is 0 Å². The van der Waals surface area contributed by atoms with Gasteiger partial charge in [-0.3, -0.25) is 0 Å². The monoisotopic (exact) mass is 384 g/mol. The van der Waals surface area contributed by atoms with E-state index in [2.05, 4.69) is 5.32 Å². The van der Waals surface area contributed by atoms with Gasteiger partial charge in [0, 0.05) is 18.4 Å². The topological polar surface area (TPSA) is 87.7 Å². The summed E-state index contributed by atoms with van der Waals surface area (Å²) in [7, 11) is 0. The Labute approximate surface area is 165 Å². The molecule has 0 bridgehead atoms. The van der Waals surface area contributed by atoms with Crippen molar-refractivity contribution in [2.24, 2.45) is 0 Å². The number of aliphatic carboxylic acids is 1. The van der Waals surface area contributed by atoms with Gasteiger partial charge in [0.05, 0.1) is 0 Å². The zero-order valence-electron chi connectivity index (χ0n) is 16.4. The van der Waals surface area contributed by atoms with Crippen LogP contribution in [0.15, 0.2) is 54.6 Å². The fraction of sp³-hybridized carbons (Fsp3) is 0.364. The van der Waals surface area contributed by atoms with Crippen molar-refractivity contribution >= 4 is 12.1 Å². The highest BCUT2D eigenvalue weighted by Gasteiger charge is 2.20. The molecule has 6 heteroatoms. The van der Waals surface area contributed by atoms with Crippen LogP contribution in [-0.4, -0.2) is 23.7 Å². The molecule has 0 fully saturated rings. The van der Waals surface area contributed by atoms with Gasteiger partial charge in [-0.1, -0.05) is 42.5 Å². The molecule has 0 heterocycles. The summed E-state index contributed by atoms with van der Waals surface area (Å²) in [6, 6.07) is 16.5. The Hall–Kier alpha value is -3.02. The summed E-state index contributed by atoms with van der Waals surface area (Å²) in [6.45, 7) is 5.70. The number of carboxylic acids is 1. The van der Waals surface area contributed by atoms with Crippen molar-refractivity contribution in [3.63, 3.8) is 0 Å². The lowest BCUT2D eigenvalue weighted by Crippen LogP contribution is -2.43. The van der Waals surface area contributed by atoms with Crippen LogP contribution in [0.2, 0.25) is 0 Å². The molecule has 0 spiro atoms. The van der Waals surface area contributed by atoms with Gasteiger partial charge >= 0.3 is 6.09 Å². The first-order chi connectivity index (χ1) is 13.2. The van der Waals surface area contributed by atoms with Crippen LogP contribution in [0.3, 0.4) is 0 Å². The highest BCUT2D eigenvalue weighted by atomic mass is 16.6. The number of amides is 1. The zero-order valence-corrected chi connectivity index (χ0v) is 16.4. The van der Waals surface area contributed by atoms with Gasteiger partial charge in [-0.25, -0.2) is 4.79 Å². The molecular formula is C22H26NO5-. The molecule has 1 N–H and O–H groups in total. The van der Waals surface area contributed by atoms with Crippen molar-refractivity contribution in [1.29, 1.82) is 0 Å². The number of hydrogen-bond donors (Lipinski definition) is 1. The van der Waals surface area contributed by atoms with Crippen LogP contribution in [0, 0.1) is 0 Å². The Morgan fingerprint density at radius 2 is 1.64 bits per heavy atom. The Balaban J connectivity index is 1.93. The first-order valence-electron chi connectivity index (χ1n) is 9.16. The highest BCUT2D eigenvalue weighted by molar-refractivity contribution is 5.70. The molecule has 28 heavy (non-hydrogen) atoms. The van der Waals surface area contributed by atoms with E-state index in [1.807, 2.05) is 54.6 Å². The van der Waals surface area contributed by atoms with Gasteiger partial charge in [-0.15, -0.1) is 0 Å². The summed E-state index contributed by atoms with van der Waals surface area (Å²) in [5, 5.41) is 13.6. The smallest absolute Gasteiger partial charge is 0.407 e. The normalized spacial score (nSPS) is 12.1. The number of ether oxygens (including phenoxy) is 2. The second-order valence-corrected chi connectivity index (χ2v) is 7.54. The lowest BCUT2D eigenvalue weighted by molar-refractivity contribution is -0.306. The molecule has 1 atom stereocenters. The van der Waals surface area contributed by atoms with Crippen molar-refractivity contribution in [3.8, 4) is 5.75 Å². The van der Waals surface area contributed by atoms with Crippen molar-refractivity contribution in [2.45, 2.75) is 51.9 Å². The van der Waals surface area contributed by atoms with E-state index < -0.39 is 23.7 Å². The lowest BCUT2D eigenvalue weighted by atomic mass is 10.0. The molecule has 150 valence electrons. The third kappa shape index (κ3) is 8.12. The second-order valence-electron chi connectivity index (χ2n) is 7.54. The maximum atomic E-state index is 11.9. The van der Waals surface area contributed by atoms with Gasteiger partial charge in [0.1, 0.15) is 18.0 Å². The van der Waals surface area contributed by atoms with E-state index in [0.717, 1.165) is 11.1 Å². The Morgan fingerprint density at radius 1 is 1.00 bits per heavy atom. The third-order valence-corrected chi connectivity index (χ3v) is 3.79. The van der Waals surface area contributed by atoms with Gasteiger partial charge in [0.2, 0.25) is 0 Å². The minimum atomic E-state index is -1.23. The molecule has 0 aliphatic heterocycles. The quantitative estimate of drug-likeness (QED) is 0.756. The molecule has 2 aromatic carbocycles. The number of carboxylic acid groups (broad SMARTS) is 1. The summed E-state index contributed by atoms with van der Waals surface area (Å²) < 4.78 is 10.9. The van der Waals surface area contributed by atoms with E-state index in [1.54, 1.807) is 20.8 Å². The van der Waals surface area contributed by atoms with Gasteiger partial charge < -0.3 is 24.7 Å². The minimum Gasteiger partial charge on any atom is -0.550 e. The first-order valence-corrected chi connectivity index (χ1v) is 9.16.